The molecule has 2 aromatic rings. The van der Waals surface area contributed by atoms with E-state index in [1.165, 1.54) is 0 Å². The molecule has 0 aromatic carbocycles. The van der Waals surface area contributed by atoms with Crippen LogP contribution in [-0.4, -0.2) is 22.5 Å². The third kappa shape index (κ3) is 2.22. The molecule has 4 nitrogen and oxygen atoms in total. The second kappa shape index (κ2) is 4.78. The summed E-state index contributed by atoms with van der Waals surface area (Å²) in [6, 6.07) is 3.96. The summed E-state index contributed by atoms with van der Waals surface area (Å²) in [7, 11) is 0. The summed E-state index contributed by atoms with van der Waals surface area (Å²) in [4.78, 5) is 14.9. The number of hydrogen-bond donors (Lipinski definition) is 0. The average Bonchev–Trinajstić information content (AvgIpc) is 3.05. The lowest BCUT2D eigenvalue weighted by atomic mass is 10.1. The van der Waals surface area contributed by atoms with Gasteiger partial charge >= 0.3 is 0 Å². The molecule has 0 bridgehead atoms. The monoisotopic (exact) mass is 260 g/mol. The third-order valence-electron chi connectivity index (χ3n) is 2.94. The Morgan fingerprint density at radius 3 is 3.33 bits per heavy atom. The molecule has 3 rings (SSSR count). The number of carbonyl (C=O) groups is 1. The smallest absolute Gasteiger partial charge is 0.246 e. The van der Waals surface area contributed by atoms with Crippen molar-refractivity contribution in [2.75, 3.05) is 6.54 Å². The van der Waals surface area contributed by atoms with E-state index in [-0.39, 0.29) is 5.91 Å². The minimum Gasteiger partial charge on any atom is -0.361 e. The predicted octanol–water partition coefficient (Wildman–Crippen LogP) is 2.33. The van der Waals surface area contributed by atoms with Crippen LogP contribution in [0.2, 0.25) is 0 Å². The van der Waals surface area contributed by atoms with Gasteiger partial charge in [-0.05, 0) is 17.5 Å². The first-order valence-corrected chi connectivity index (χ1v) is 6.64. The van der Waals surface area contributed by atoms with Crippen molar-refractivity contribution in [3.63, 3.8) is 0 Å². The highest BCUT2D eigenvalue weighted by Crippen LogP contribution is 2.18. The maximum Gasteiger partial charge on any atom is 0.246 e. The van der Waals surface area contributed by atoms with Gasteiger partial charge in [0.1, 0.15) is 5.76 Å². The molecule has 0 unspecified atom stereocenters. The highest BCUT2D eigenvalue weighted by molar-refractivity contribution is 7.10. The number of nitrogens with zero attached hydrogens (tertiary/aromatic N) is 2. The Kier molecular flexibility index (Phi) is 2.98. The van der Waals surface area contributed by atoms with Gasteiger partial charge in [-0.3, -0.25) is 4.79 Å². The topological polar surface area (TPSA) is 46.3 Å². The summed E-state index contributed by atoms with van der Waals surface area (Å²) in [5.41, 5.74) is 1.01. The molecule has 0 atom stereocenters. The van der Waals surface area contributed by atoms with Crippen LogP contribution in [0.4, 0.5) is 0 Å². The van der Waals surface area contributed by atoms with Crippen LogP contribution in [-0.2, 0) is 17.8 Å². The molecule has 0 saturated carbocycles. The first kappa shape index (κ1) is 11.2. The van der Waals surface area contributed by atoms with Gasteiger partial charge in [-0.1, -0.05) is 11.2 Å². The SMILES string of the molecule is O=C(C=Cc1cccs1)N1CCc2oncc2C1. The van der Waals surface area contributed by atoms with Crippen molar-refractivity contribution in [2.24, 2.45) is 0 Å². The van der Waals surface area contributed by atoms with E-state index in [1.54, 1.807) is 23.6 Å². The largest absolute Gasteiger partial charge is 0.361 e. The van der Waals surface area contributed by atoms with Crippen molar-refractivity contribution in [3.05, 3.63) is 46.0 Å². The van der Waals surface area contributed by atoms with Gasteiger partial charge in [0.05, 0.1) is 12.7 Å². The van der Waals surface area contributed by atoms with E-state index < -0.39 is 0 Å². The lowest BCUT2D eigenvalue weighted by Gasteiger charge is -2.24. The van der Waals surface area contributed by atoms with Crippen molar-refractivity contribution >= 4 is 23.3 Å². The van der Waals surface area contributed by atoms with Crippen molar-refractivity contribution < 1.29 is 9.32 Å². The van der Waals surface area contributed by atoms with Gasteiger partial charge < -0.3 is 9.42 Å². The fraction of sp³-hybridized carbons (Fsp3) is 0.231. The summed E-state index contributed by atoms with van der Waals surface area (Å²) < 4.78 is 5.10. The zero-order valence-corrected chi connectivity index (χ0v) is 10.5. The van der Waals surface area contributed by atoms with Crippen LogP contribution >= 0.6 is 11.3 Å². The molecule has 1 amide bonds. The second-order valence-electron chi connectivity index (χ2n) is 4.13. The first-order valence-electron chi connectivity index (χ1n) is 5.76. The molecular formula is C13H12N2O2S. The molecular weight excluding hydrogens is 248 g/mol. The van der Waals surface area contributed by atoms with Crippen LogP contribution in [0, 0.1) is 0 Å². The Hall–Kier alpha value is -1.88. The maximum absolute atomic E-state index is 12.0. The molecule has 92 valence electrons. The second-order valence-corrected chi connectivity index (χ2v) is 5.11. The lowest BCUT2D eigenvalue weighted by molar-refractivity contribution is -0.126. The minimum absolute atomic E-state index is 0.0373. The van der Waals surface area contributed by atoms with Crippen LogP contribution in [0.25, 0.3) is 6.08 Å². The molecule has 1 aliphatic rings. The molecule has 18 heavy (non-hydrogen) atoms. The van der Waals surface area contributed by atoms with Crippen molar-refractivity contribution in [1.82, 2.24) is 10.1 Å². The van der Waals surface area contributed by atoms with Gasteiger partial charge in [0.25, 0.3) is 0 Å². The number of hydrogen-bond acceptors (Lipinski definition) is 4. The van der Waals surface area contributed by atoms with Crippen LogP contribution in [0.15, 0.2) is 34.3 Å². The lowest BCUT2D eigenvalue weighted by Crippen LogP contribution is -2.34. The molecule has 5 heteroatoms. The number of amides is 1. The van der Waals surface area contributed by atoms with Crippen molar-refractivity contribution in [1.29, 1.82) is 0 Å². The van der Waals surface area contributed by atoms with Crippen LogP contribution in [0.3, 0.4) is 0 Å². The Balaban J connectivity index is 1.68. The highest BCUT2D eigenvalue weighted by Gasteiger charge is 2.21. The Morgan fingerprint density at radius 1 is 1.56 bits per heavy atom. The molecule has 2 aromatic heterocycles. The van der Waals surface area contributed by atoms with Gasteiger partial charge in [-0.25, -0.2) is 0 Å². The average molecular weight is 260 g/mol. The van der Waals surface area contributed by atoms with E-state index in [4.69, 9.17) is 4.52 Å². The molecule has 0 radical (unpaired) electrons. The van der Waals surface area contributed by atoms with Crippen molar-refractivity contribution in [2.45, 2.75) is 13.0 Å². The Bertz CT molecular complexity index is 572. The molecule has 0 aliphatic carbocycles. The fourth-order valence-electron chi connectivity index (χ4n) is 1.97. The molecule has 0 saturated heterocycles. The summed E-state index contributed by atoms with van der Waals surface area (Å²) in [5, 5.41) is 5.75. The Morgan fingerprint density at radius 2 is 2.50 bits per heavy atom. The standard InChI is InChI=1S/C13H12N2O2S/c16-13(4-3-11-2-1-7-18-11)15-6-5-12-10(9-15)8-14-17-12/h1-4,7-8H,5-6,9H2. The van der Waals surface area contributed by atoms with Crippen molar-refractivity contribution in [3.8, 4) is 0 Å². The number of carbonyl (C=O) groups excluding carboxylic acids is 1. The van der Waals surface area contributed by atoms with Gasteiger partial charge in [0.15, 0.2) is 0 Å². The Labute approximate surface area is 109 Å². The van der Waals surface area contributed by atoms with E-state index in [1.807, 2.05) is 28.5 Å². The number of rotatable bonds is 2. The van der Waals surface area contributed by atoms with Gasteiger partial charge in [0.2, 0.25) is 5.91 Å². The molecule has 3 heterocycles. The molecule has 0 fully saturated rings. The van der Waals surface area contributed by atoms with E-state index in [9.17, 15) is 4.79 Å². The summed E-state index contributed by atoms with van der Waals surface area (Å²) >= 11 is 1.62. The summed E-state index contributed by atoms with van der Waals surface area (Å²) in [6.07, 6.45) is 5.92. The highest BCUT2D eigenvalue weighted by atomic mass is 32.1. The third-order valence-corrected chi connectivity index (χ3v) is 3.78. The fourth-order valence-corrected chi connectivity index (χ4v) is 2.59. The van der Waals surface area contributed by atoms with Crippen LogP contribution < -0.4 is 0 Å². The normalized spacial score (nSPS) is 15.0. The number of fused-ring (bicyclic) bond motifs is 1. The minimum atomic E-state index is 0.0373. The van der Waals surface area contributed by atoms with Gasteiger partial charge in [-0.15, -0.1) is 11.3 Å². The van der Waals surface area contributed by atoms with Gasteiger partial charge in [0, 0.05) is 29.5 Å². The summed E-state index contributed by atoms with van der Waals surface area (Å²) in [6.45, 7) is 1.28. The van der Waals surface area contributed by atoms with Crippen LogP contribution in [0.5, 0.6) is 0 Å². The molecule has 0 N–H and O–H groups in total. The van der Waals surface area contributed by atoms with Crippen LogP contribution in [0.1, 0.15) is 16.2 Å². The number of thiophene rings is 1. The molecule has 0 spiro atoms. The zero-order chi connectivity index (χ0) is 12.4. The first-order chi connectivity index (χ1) is 8.83. The zero-order valence-electron chi connectivity index (χ0n) is 9.70. The summed E-state index contributed by atoms with van der Waals surface area (Å²) in [5.74, 6) is 0.941. The number of aromatic nitrogens is 1. The van der Waals surface area contributed by atoms with E-state index in [0.29, 0.717) is 13.1 Å². The van der Waals surface area contributed by atoms with E-state index in [0.717, 1.165) is 22.6 Å². The van der Waals surface area contributed by atoms with E-state index >= 15 is 0 Å². The van der Waals surface area contributed by atoms with E-state index in [2.05, 4.69) is 5.16 Å². The maximum atomic E-state index is 12.0. The molecule has 1 aliphatic heterocycles. The quantitative estimate of drug-likeness (QED) is 0.779. The predicted molar refractivity (Wildman–Crippen MR) is 69.0 cm³/mol. The van der Waals surface area contributed by atoms with Gasteiger partial charge in [-0.2, -0.15) is 0 Å².